The number of anilines is 3. The predicted octanol–water partition coefficient (Wildman–Crippen LogP) is 3.58. The van der Waals surface area contributed by atoms with Crippen molar-refractivity contribution in [3.8, 4) is 11.5 Å². The summed E-state index contributed by atoms with van der Waals surface area (Å²) in [6.07, 6.45) is 4.18. The standard InChI is InChI=1S/C22H32N6O2S/c1-14-23-20(13-21(24-14)28(2)3)25-15-6-8-16(9-7-15)26-22(31)27-17-10-11-18(29-4)19(12-17)30-5/h10-13,15-16H,6-9H2,1-5H3,(H,23,24,25)(H2,26,27,31). The molecule has 1 fully saturated rings. The summed E-state index contributed by atoms with van der Waals surface area (Å²) in [6, 6.07) is 8.40. The van der Waals surface area contributed by atoms with Crippen molar-refractivity contribution in [2.45, 2.75) is 44.7 Å². The molecule has 8 nitrogen and oxygen atoms in total. The van der Waals surface area contributed by atoms with Crippen LogP contribution in [0.3, 0.4) is 0 Å². The Hall–Kier alpha value is -2.81. The lowest BCUT2D eigenvalue weighted by molar-refractivity contribution is 0.355. The molecule has 0 radical (unpaired) electrons. The van der Waals surface area contributed by atoms with Crippen molar-refractivity contribution in [2.24, 2.45) is 0 Å². The van der Waals surface area contributed by atoms with E-state index < -0.39 is 0 Å². The molecule has 0 atom stereocenters. The van der Waals surface area contributed by atoms with Gasteiger partial charge in [-0.15, -0.1) is 0 Å². The summed E-state index contributed by atoms with van der Waals surface area (Å²) in [5.74, 6) is 3.93. The van der Waals surface area contributed by atoms with Crippen molar-refractivity contribution in [1.82, 2.24) is 15.3 Å². The average Bonchev–Trinajstić information content (AvgIpc) is 2.74. The highest BCUT2D eigenvalue weighted by Gasteiger charge is 2.22. The molecule has 3 rings (SSSR count). The lowest BCUT2D eigenvalue weighted by atomic mass is 9.91. The van der Waals surface area contributed by atoms with Gasteiger partial charge in [0, 0.05) is 44.0 Å². The minimum absolute atomic E-state index is 0.350. The Morgan fingerprint density at radius 1 is 1.00 bits per heavy atom. The highest BCUT2D eigenvalue weighted by molar-refractivity contribution is 7.80. The lowest BCUT2D eigenvalue weighted by Gasteiger charge is -2.31. The quantitative estimate of drug-likeness (QED) is 0.555. The van der Waals surface area contributed by atoms with Crippen LogP contribution < -0.4 is 30.3 Å². The van der Waals surface area contributed by atoms with Crippen molar-refractivity contribution in [3.63, 3.8) is 0 Å². The predicted molar refractivity (Wildman–Crippen MR) is 130 cm³/mol. The molecule has 0 saturated heterocycles. The first kappa shape index (κ1) is 22.9. The van der Waals surface area contributed by atoms with Gasteiger partial charge in [-0.2, -0.15) is 0 Å². The summed E-state index contributed by atoms with van der Waals surface area (Å²) in [5, 5.41) is 10.9. The molecule has 168 valence electrons. The maximum absolute atomic E-state index is 5.51. The maximum Gasteiger partial charge on any atom is 0.170 e. The minimum Gasteiger partial charge on any atom is -0.493 e. The van der Waals surface area contributed by atoms with Crippen LogP contribution in [0, 0.1) is 6.92 Å². The molecule has 1 saturated carbocycles. The number of aromatic nitrogens is 2. The van der Waals surface area contributed by atoms with Gasteiger partial charge in [0.15, 0.2) is 16.6 Å². The van der Waals surface area contributed by atoms with E-state index in [0.717, 1.165) is 48.8 Å². The van der Waals surface area contributed by atoms with Crippen LogP contribution in [0.15, 0.2) is 24.3 Å². The van der Waals surface area contributed by atoms with Crippen LogP contribution in [0.4, 0.5) is 17.3 Å². The summed E-state index contributed by atoms with van der Waals surface area (Å²) < 4.78 is 10.6. The Morgan fingerprint density at radius 2 is 1.68 bits per heavy atom. The highest BCUT2D eigenvalue weighted by atomic mass is 32.1. The van der Waals surface area contributed by atoms with Crippen LogP contribution in [-0.4, -0.2) is 55.5 Å². The lowest BCUT2D eigenvalue weighted by Crippen LogP contribution is -2.42. The smallest absolute Gasteiger partial charge is 0.170 e. The van der Waals surface area contributed by atoms with Gasteiger partial charge in [0.2, 0.25) is 0 Å². The molecule has 0 bridgehead atoms. The number of nitrogens with zero attached hydrogens (tertiary/aromatic N) is 3. The van der Waals surface area contributed by atoms with E-state index >= 15 is 0 Å². The number of aryl methyl sites for hydroxylation is 1. The van der Waals surface area contributed by atoms with E-state index in [1.165, 1.54) is 0 Å². The number of methoxy groups -OCH3 is 2. The molecule has 1 aromatic carbocycles. The molecular formula is C22H32N6O2S. The fraction of sp³-hybridized carbons (Fsp3) is 0.500. The third-order valence-electron chi connectivity index (χ3n) is 5.34. The Kier molecular flexibility index (Phi) is 7.73. The molecule has 31 heavy (non-hydrogen) atoms. The molecule has 1 heterocycles. The van der Waals surface area contributed by atoms with Gasteiger partial charge in [0.25, 0.3) is 0 Å². The van der Waals surface area contributed by atoms with Gasteiger partial charge in [-0.3, -0.25) is 0 Å². The zero-order chi connectivity index (χ0) is 22.4. The first-order valence-electron chi connectivity index (χ1n) is 10.5. The first-order chi connectivity index (χ1) is 14.9. The van der Waals surface area contributed by atoms with Crippen LogP contribution in [-0.2, 0) is 0 Å². The molecule has 3 N–H and O–H groups in total. The number of ether oxygens (including phenoxy) is 2. The minimum atomic E-state index is 0.350. The van der Waals surface area contributed by atoms with Crippen LogP contribution in [0.25, 0.3) is 0 Å². The average molecular weight is 445 g/mol. The Bertz CT molecular complexity index is 900. The van der Waals surface area contributed by atoms with E-state index in [4.69, 9.17) is 21.7 Å². The highest BCUT2D eigenvalue weighted by Crippen LogP contribution is 2.30. The number of hydrogen-bond donors (Lipinski definition) is 3. The molecule has 2 aromatic rings. The Balaban J connectivity index is 1.48. The normalized spacial score (nSPS) is 18.1. The second-order valence-corrected chi connectivity index (χ2v) is 8.32. The van der Waals surface area contributed by atoms with E-state index in [-0.39, 0.29) is 0 Å². The van der Waals surface area contributed by atoms with Gasteiger partial charge in [0.05, 0.1) is 14.2 Å². The zero-order valence-corrected chi connectivity index (χ0v) is 19.7. The third-order valence-corrected chi connectivity index (χ3v) is 5.56. The van der Waals surface area contributed by atoms with Crippen molar-refractivity contribution in [2.75, 3.05) is 43.8 Å². The number of rotatable bonds is 7. The number of benzene rings is 1. The second kappa shape index (κ2) is 10.5. The van der Waals surface area contributed by atoms with Crippen molar-refractivity contribution < 1.29 is 9.47 Å². The number of nitrogens with one attached hydrogen (secondary N) is 3. The second-order valence-electron chi connectivity index (χ2n) is 7.91. The van der Waals surface area contributed by atoms with Crippen molar-refractivity contribution >= 4 is 34.7 Å². The van der Waals surface area contributed by atoms with Gasteiger partial charge >= 0.3 is 0 Å². The van der Waals surface area contributed by atoms with Crippen molar-refractivity contribution in [1.29, 1.82) is 0 Å². The van der Waals surface area contributed by atoms with Crippen LogP contribution in [0.5, 0.6) is 11.5 Å². The zero-order valence-electron chi connectivity index (χ0n) is 18.9. The summed E-state index contributed by atoms with van der Waals surface area (Å²) in [4.78, 5) is 11.0. The SMILES string of the molecule is COc1ccc(NC(=S)NC2CCC(Nc3cc(N(C)C)nc(C)n3)CC2)cc1OC. The maximum atomic E-state index is 5.51. The summed E-state index contributed by atoms with van der Waals surface area (Å²) in [5.41, 5.74) is 0.862. The fourth-order valence-corrected chi connectivity index (χ4v) is 4.00. The molecule has 0 spiro atoms. The van der Waals surface area contributed by atoms with Crippen LogP contribution in [0.2, 0.25) is 0 Å². The molecule has 1 aliphatic carbocycles. The molecule has 1 aliphatic rings. The van der Waals surface area contributed by atoms with E-state index in [1.54, 1.807) is 14.2 Å². The Labute approximate surface area is 189 Å². The monoisotopic (exact) mass is 444 g/mol. The third kappa shape index (κ3) is 6.33. The van der Waals surface area contributed by atoms with Gasteiger partial charge in [-0.1, -0.05) is 0 Å². The number of hydrogen-bond acceptors (Lipinski definition) is 7. The summed E-state index contributed by atoms with van der Waals surface area (Å²) in [7, 11) is 7.22. The van der Waals surface area contributed by atoms with Gasteiger partial charge in [-0.25, -0.2) is 9.97 Å². The van der Waals surface area contributed by atoms with Crippen molar-refractivity contribution in [3.05, 3.63) is 30.1 Å². The van der Waals surface area contributed by atoms with E-state index in [9.17, 15) is 0 Å². The summed E-state index contributed by atoms with van der Waals surface area (Å²) >= 11 is 5.51. The molecule has 0 amide bonds. The van der Waals surface area contributed by atoms with Gasteiger partial charge < -0.3 is 30.3 Å². The molecule has 1 aromatic heterocycles. The van der Waals surface area contributed by atoms with Gasteiger partial charge in [0.1, 0.15) is 17.5 Å². The fourth-order valence-electron chi connectivity index (χ4n) is 3.71. The molecule has 0 unspecified atom stereocenters. The largest absolute Gasteiger partial charge is 0.493 e. The van der Waals surface area contributed by atoms with Crippen LogP contribution >= 0.6 is 12.2 Å². The van der Waals surface area contributed by atoms with E-state index in [0.29, 0.717) is 28.7 Å². The van der Waals surface area contributed by atoms with Crippen LogP contribution in [0.1, 0.15) is 31.5 Å². The van der Waals surface area contributed by atoms with E-state index in [1.807, 2.05) is 50.2 Å². The van der Waals surface area contributed by atoms with E-state index in [2.05, 4.69) is 25.9 Å². The molecule has 9 heteroatoms. The first-order valence-corrected chi connectivity index (χ1v) is 10.9. The summed E-state index contributed by atoms with van der Waals surface area (Å²) in [6.45, 7) is 1.92. The molecule has 0 aliphatic heterocycles. The van der Waals surface area contributed by atoms with Gasteiger partial charge in [-0.05, 0) is 57.0 Å². The molecular weight excluding hydrogens is 412 g/mol. The topological polar surface area (TPSA) is 83.6 Å². The number of thiocarbonyl (C=S) groups is 1. The Morgan fingerprint density at radius 3 is 2.32 bits per heavy atom.